The zero-order chi connectivity index (χ0) is 16.2. The van der Waals surface area contributed by atoms with Gasteiger partial charge in [-0.05, 0) is 36.8 Å². The molecule has 0 unspecified atom stereocenters. The monoisotopic (exact) mass is 332 g/mol. The van der Waals surface area contributed by atoms with Gasteiger partial charge in [0.05, 0.1) is 24.8 Å². The maximum atomic E-state index is 13.3. The van der Waals surface area contributed by atoms with E-state index in [0.29, 0.717) is 31.2 Å². The first-order valence-corrected chi connectivity index (χ1v) is 9.53. The third kappa shape index (κ3) is 2.00. The Hall–Kier alpha value is -1.42. The summed E-state index contributed by atoms with van der Waals surface area (Å²) in [7, 11) is -3.67. The van der Waals surface area contributed by atoms with Crippen molar-refractivity contribution in [3.8, 4) is 6.07 Å². The van der Waals surface area contributed by atoms with Crippen molar-refractivity contribution in [1.29, 1.82) is 5.26 Å². The van der Waals surface area contributed by atoms with Gasteiger partial charge in [0.25, 0.3) is 0 Å². The number of rotatable bonds is 2. The minimum atomic E-state index is -3.67. The fourth-order valence-corrected chi connectivity index (χ4v) is 6.46. The van der Waals surface area contributed by atoms with Crippen LogP contribution in [0.5, 0.6) is 0 Å². The highest BCUT2D eigenvalue weighted by Crippen LogP contribution is 2.56. The molecule has 0 amide bonds. The van der Waals surface area contributed by atoms with Gasteiger partial charge in [-0.1, -0.05) is 18.6 Å². The predicted molar refractivity (Wildman–Crippen MR) is 84.2 cm³/mol. The summed E-state index contributed by atoms with van der Waals surface area (Å²) in [4.78, 5) is 0.141. The zero-order valence-electron chi connectivity index (χ0n) is 13.2. The summed E-state index contributed by atoms with van der Waals surface area (Å²) in [6.45, 7) is 3.48. The van der Waals surface area contributed by atoms with Crippen molar-refractivity contribution in [2.75, 3.05) is 19.8 Å². The minimum absolute atomic E-state index is 0.0765. The fraction of sp³-hybridized carbons (Fsp3) is 0.588. The van der Waals surface area contributed by atoms with E-state index < -0.39 is 10.0 Å². The summed E-state index contributed by atoms with van der Waals surface area (Å²) in [5, 5.41) is 9.40. The molecule has 2 saturated heterocycles. The Bertz CT molecular complexity index is 793. The molecule has 1 aliphatic carbocycles. The fourth-order valence-electron chi connectivity index (χ4n) is 4.51. The molecule has 0 bridgehead atoms. The molecule has 3 aliphatic rings. The number of sulfonamides is 1. The molecule has 4 rings (SSSR count). The summed E-state index contributed by atoms with van der Waals surface area (Å²) in [6.07, 6.45) is 3.34. The third-order valence-electron chi connectivity index (χ3n) is 5.96. The van der Waals surface area contributed by atoms with Crippen LogP contribution in [-0.2, 0) is 14.8 Å². The zero-order valence-corrected chi connectivity index (χ0v) is 14.0. The number of hydrogen-bond donors (Lipinski definition) is 0. The van der Waals surface area contributed by atoms with Gasteiger partial charge in [-0.2, -0.15) is 9.57 Å². The van der Waals surface area contributed by atoms with Gasteiger partial charge in [-0.15, -0.1) is 0 Å². The maximum Gasteiger partial charge on any atom is 0.244 e. The van der Waals surface area contributed by atoms with Crippen LogP contribution in [0.2, 0.25) is 0 Å². The first-order chi connectivity index (χ1) is 11.0. The quantitative estimate of drug-likeness (QED) is 0.831. The van der Waals surface area contributed by atoms with Gasteiger partial charge in [0.1, 0.15) is 11.0 Å². The highest BCUT2D eigenvalue weighted by Gasteiger charge is 2.60. The van der Waals surface area contributed by atoms with Crippen LogP contribution in [0.25, 0.3) is 0 Å². The van der Waals surface area contributed by atoms with Crippen LogP contribution in [0.15, 0.2) is 23.1 Å². The Balaban J connectivity index is 1.78. The van der Waals surface area contributed by atoms with Crippen molar-refractivity contribution in [3.63, 3.8) is 0 Å². The molecule has 2 aliphatic heterocycles. The first kappa shape index (κ1) is 15.1. The van der Waals surface area contributed by atoms with Crippen molar-refractivity contribution in [2.45, 2.75) is 37.1 Å². The van der Waals surface area contributed by atoms with Crippen molar-refractivity contribution < 1.29 is 13.2 Å². The van der Waals surface area contributed by atoms with Gasteiger partial charge < -0.3 is 4.74 Å². The molecule has 1 aromatic rings. The molecule has 6 heteroatoms. The highest BCUT2D eigenvalue weighted by atomic mass is 32.2. The maximum absolute atomic E-state index is 13.3. The highest BCUT2D eigenvalue weighted by molar-refractivity contribution is 7.89. The summed E-state index contributed by atoms with van der Waals surface area (Å²) in [5.74, 6) is 0.307. The Morgan fingerprint density at radius 3 is 2.78 bits per heavy atom. The van der Waals surface area contributed by atoms with Crippen molar-refractivity contribution >= 4 is 10.0 Å². The van der Waals surface area contributed by atoms with Crippen LogP contribution in [0.1, 0.15) is 30.4 Å². The number of aryl methyl sites for hydroxylation is 1. The number of fused-ring (bicyclic) bond motifs is 2. The third-order valence-corrected chi connectivity index (χ3v) is 7.87. The van der Waals surface area contributed by atoms with Gasteiger partial charge in [0.15, 0.2) is 0 Å². The second kappa shape index (κ2) is 5.04. The molecule has 1 saturated carbocycles. The summed E-state index contributed by atoms with van der Waals surface area (Å²) in [5.41, 5.74) is 1.06. The number of benzene rings is 1. The molecule has 122 valence electrons. The van der Waals surface area contributed by atoms with Crippen LogP contribution in [-0.4, -0.2) is 38.5 Å². The number of nitrogens with zero attached hydrogens (tertiary/aromatic N) is 2. The largest absolute Gasteiger partial charge is 0.379 e. The predicted octanol–water partition coefficient (Wildman–Crippen LogP) is 2.06. The molecule has 0 radical (unpaired) electrons. The summed E-state index contributed by atoms with van der Waals surface area (Å²) >= 11 is 0. The molecule has 2 heterocycles. The van der Waals surface area contributed by atoms with Gasteiger partial charge >= 0.3 is 0 Å². The first-order valence-electron chi connectivity index (χ1n) is 8.09. The number of ether oxygens (including phenoxy) is 1. The molecule has 2 atom stereocenters. The van der Waals surface area contributed by atoms with Gasteiger partial charge in [0.2, 0.25) is 10.0 Å². The SMILES string of the molecule is Cc1cccc(S(=O)(=O)N2CC3(CCC3)[C@H]3COC[C@@H]32)c1C#N. The van der Waals surface area contributed by atoms with E-state index in [-0.39, 0.29) is 21.9 Å². The second-order valence-electron chi connectivity index (χ2n) is 7.04. The van der Waals surface area contributed by atoms with Crippen molar-refractivity contribution in [2.24, 2.45) is 11.3 Å². The van der Waals surface area contributed by atoms with E-state index in [1.807, 2.05) is 0 Å². The second-order valence-corrected chi connectivity index (χ2v) is 8.90. The molecule has 23 heavy (non-hydrogen) atoms. The lowest BCUT2D eigenvalue weighted by Crippen LogP contribution is -2.40. The van der Waals surface area contributed by atoms with Crippen LogP contribution in [0.4, 0.5) is 0 Å². The van der Waals surface area contributed by atoms with Gasteiger partial charge in [-0.3, -0.25) is 0 Å². The Morgan fingerprint density at radius 1 is 1.35 bits per heavy atom. The van der Waals surface area contributed by atoms with Crippen LogP contribution in [0.3, 0.4) is 0 Å². The van der Waals surface area contributed by atoms with Crippen LogP contribution < -0.4 is 0 Å². The lowest BCUT2D eigenvalue weighted by Gasteiger charge is -2.42. The molecule has 0 N–H and O–H groups in total. The molecular weight excluding hydrogens is 312 g/mol. The lowest BCUT2D eigenvalue weighted by atomic mass is 9.62. The Labute approximate surface area is 136 Å². The number of nitriles is 1. The molecule has 1 spiro atoms. The molecule has 0 aromatic heterocycles. The standard InChI is InChI=1S/C17H20N2O3S/c1-12-4-2-5-16(13(12)8-18)23(20,21)19-11-17(6-3-7-17)14-9-22-10-15(14)19/h2,4-5,14-15H,3,6-7,9-11H2,1H3/t14-,15-/m0/s1. The van der Waals surface area contributed by atoms with E-state index in [1.165, 1.54) is 6.42 Å². The smallest absolute Gasteiger partial charge is 0.244 e. The molecule has 3 fully saturated rings. The Morgan fingerprint density at radius 2 is 2.13 bits per heavy atom. The van der Waals surface area contributed by atoms with E-state index in [2.05, 4.69) is 6.07 Å². The molecular formula is C17H20N2O3S. The van der Waals surface area contributed by atoms with Crippen molar-refractivity contribution in [3.05, 3.63) is 29.3 Å². The van der Waals surface area contributed by atoms with Crippen molar-refractivity contribution in [1.82, 2.24) is 4.31 Å². The van der Waals surface area contributed by atoms with E-state index in [9.17, 15) is 13.7 Å². The summed E-state index contributed by atoms with van der Waals surface area (Å²) < 4.78 is 33.7. The van der Waals surface area contributed by atoms with E-state index >= 15 is 0 Å². The average molecular weight is 332 g/mol. The average Bonchev–Trinajstić information content (AvgIpc) is 3.06. The van der Waals surface area contributed by atoms with Gasteiger partial charge in [0, 0.05) is 12.5 Å². The molecule has 5 nitrogen and oxygen atoms in total. The van der Waals surface area contributed by atoms with E-state index in [1.54, 1.807) is 29.4 Å². The van der Waals surface area contributed by atoms with Gasteiger partial charge in [-0.25, -0.2) is 8.42 Å². The number of hydrogen-bond acceptors (Lipinski definition) is 4. The van der Waals surface area contributed by atoms with E-state index in [0.717, 1.165) is 12.8 Å². The normalized spacial score (nSPS) is 29.2. The minimum Gasteiger partial charge on any atom is -0.379 e. The summed E-state index contributed by atoms with van der Waals surface area (Å²) in [6, 6.07) is 7.02. The van der Waals surface area contributed by atoms with Crippen LogP contribution >= 0.6 is 0 Å². The Kier molecular flexibility index (Phi) is 3.31. The van der Waals surface area contributed by atoms with E-state index in [4.69, 9.17) is 4.74 Å². The van der Waals surface area contributed by atoms with Crippen LogP contribution in [0, 0.1) is 29.6 Å². The topological polar surface area (TPSA) is 70.4 Å². The molecule has 1 aromatic carbocycles. The lowest BCUT2D eigenvalue weighted by molar-refractivity contribution is 0.0601.